The molecule has 1 amide bonds. The molecule has 1 saturated heterocycles. The van der Waals surface area contributed by atoms with Crippen LogP contribution in [0.2, 0.25) is 5.02 Å². The number of pyridine rings is 1. The Hall–Kier alpha value is -2.58. The molecule has 8 heteroatoms. The molecule has 0 atom stereocenters. The van der Waals surface area contributed by atoms with Crippen molar-refractivity contribution in [2.75, 3.05) is 31.6 Å². The number of amides is 1. The molecule has 2 aromatic heterocycles. The van der Waals surface area contributed by atoms with Crippen LogP contribution in [0, 0.1) is 0 Å². The summed E-state index contributed by atoms with van der Waals surface area (Å²) in [5.41, 5.74) is 5.69. The maximum Gasteiger partial charge on any atom is 0.258 e. The Bertz CT molecular complexity index is 1380. The number of carbonyl (C=O) groups is 1. The number of halogens is 1. The van der Waals surface area contributed by atoms with Crippen molar-refractivity contribution in [1.82, 2.24) is 14.9 Å². The Labute approximate surface area is 200 Å². The molecule has 1 fully saturated rings. The molecular formula is C25H23ClN4O2S. The second kappa shape index (κ2) is 8.65. The number of aromatic nitrogens is 2. The SMILES string of the molecule is O=C(Nc1nc2ccc(CN3CCOCC3)cc2s1)c1c2c(nc3ccc(Cl)cc13)CCC2. The number of rotatable bonds is 4. The van der Waals surface area contributed by atoms with E-state index in [0.29, 0.717) is 15.7 Å². The summed E-state index contributed by atoms with van der Waals surface area (Å²) in [6.45, 7) is 4.39. The molecule has 0 spiro atoms. The molecule has 3 heterocycles. The van der Waals surface area contributed by atoms with Crippen molar-refractivity contribution in [3.8, 4) is 0 Å². The summed E-state index contributed by atoms with van der Waals surface area (Å²) in [6.07, 6.45) is 2.78. The third-order valence-corrected chi connectivity index (χ3v) is 7.55. The predicted molar refractivity (Wildman–Crippen MR) is 132 cm³/mol. The third-order valence-electron chi connectivity index (χ3n) is 6.38. The Morgan fingerprint density at radius 3 is 2.82 bits per heavy atom. The number of aryl methyl sites for hydroxylation is 1. The molecule has 2 aliphatic rings. The lowest BCUT2D eigenvalue weighted by atomic mass is 10.0. The molecule has 1 aliphatic heterocycles. The third kappa shape index (κ3) is 4.10. The molecule has 0 bridgehead atoms. The van der Waals surface area contributed by atoms with E-state index < -0.39 is 0 Å². The standard InChI is InChI=1S/C25H23ClN4O2S/c26-16-5-7-20-18(13-16)23(17-2-1-3-19(17)27-20)24(31)29-25-28-21-6-4-15(12-22(21)33-25)14-30-8-10-32-11-9-30/h4-7,12-13H,1-3,8-11,14H2,(H,28,29,31). The zero-order chi connectivity index (χ0) is 22.4. The smallest absolute Gasteiger partial charge is 0.258 e. The van der Waals surface area contributed by atoms with Crippen LogP contribution >= 0.6 is 22.9 Å². The highest BCUT2D eigenvalue weighted by Gasteiger charge is 2.25. The molecule has 33 heavy (non-hydrogen) atoms. The monoisotopic (exact) mass is 478 g/mol. The van der Waals surface area contributed by atoms with E-state index in [2.05, 4.69) is 27.3 Å². The quantitative estimate of drug-likeness (QED) is 0.443. The van der Waals surface area contributed by atoms with Gasteiger partial charge in [-0.2, -0.15) is 0 Å². The van der Waals surface area contributed by atoms with Gasteiger partial charge in [-0.25, -0.2) is 4.98 Å². The van der Waals surface area contributed by atoms with E-state index in [1.807, 2.05) is 24.3 Å². The largest absolute Gasteiger partial charge is 0.379 e. The van der Waals surface area contributed by atoms with Crippen molar-refractivity contribution >= 4 is 55.1 Å². The van der Waals surface area contributed by atoms with Crippen molar-refractivity contribution in [3.05, 3.63) is 63.8 Å². The van der Waals surface area contributed by atoms with Crippen molar-refractivity contribution in [3.63, 3.8) is 0 Å². The lowest BCUT2D eigenvalue weighted by Gasteiger charge is -2.26. The lowest BCUT2D eigenvalue weighted by Crippen LogP contribution is -2.35. The highest BCUT2D eigenvalue weighted by molar-refractivity contribution is 7.22. The van der Waals surface area contributed by atoms with Gasteiger partial charge in [0, 0.05) is 35.7 Å². The molecule has 1 aliphatic carbocycles. The average molecular weight is 479 g/mol. The first-order chi connectivity index (χ1) is 16.1. The van der Waals surface area contributed by atoms with Gasteiger partial charge in [0.05, 0.1) is 34.5 Å². The average Bonchev–Trinajstić information content (AvgIpc) is 3.44. The van der Waals surface area contributed by atoms with Gasteiger partial charge in [0.15, 0.2) is 5.13 Å². The van der Waals surface area contributed by atoms with Gasteiger partial charge < -0.3 is 4.74 Å². The topological polar surface area (TPSA) is 67.4 Å². The van der Waals surface area contributed by atoms with Crippen LogP contribution in [-0.4, -0.2) is 47.1 Å². The van der Waals surface area contributed by atoms with Crippen LogP contribution in [-0.2, 0) is 24.1 Å². The molecule has 6 rings (SSSR count). The number of thiazole rings is 1. The number of benzene rings is 2. The number of morpholine rings is 1. The second-order valence-electron chi connectivity index (χ2n) is 8.59. The molecule has 168 valence electrons. The molecule has 0 unspecified atom stereocenters. The highest BCUT2D eigenvalue weighted by atomic mass is 35.5. The van der Waals surface area contributed by atoms with Gasteiger partial charge in [-0.3, -0.25) is 20.0 Å². The van der Waals surface area contributed by atoms with Crippen molar-refractivity contribution in [2.45, 2.75) is 25.8 Å². The fourth-order valence-corrected chi connectivity index (χ4v) is 5.89. The van der Waals surface area contributed by atoms with E-state index >= 15 is 0 Å². The van der Waals surface area contributed by atoms with Crippen LogP contribution in [0.5, 0.6) is 0 Å². The van der Waals surface area contributed by atoms with Crippen LogP contribution in [0.3, 0.4) is 0 Å². The number of nitrogens with one attached hydrogen (secondary N) is 1. The minimum atomic E-state index is -0.143. The Morgan fingerprint density at radius 1 is 1.09 bits per heavy atom. The number of hydrogen-bond acceptors (Lipinski definition) is 6. The van der Waals surface area contributed by atoms with E-state index in [1.165, 1.54) is 16.9 Å². The molecule has 6 nitrogen and oxygen atoms in total. The highest BCUT2D eigenvalue weighted by Crippen LogP contribution is 2.33. The van der Waals surface area contributed by atoms with Gasteiger partial charge >= 0.3 is 0 Å². The number of fused-ring (bicyclic) bond motifs is 3. The summed E-state index contributed by atoms with van der Waals surface area (Å²) in [4.78, 5) is 25.3. The van der Waals surface area contributed by atoms with Crippen LogP contribution in [0.1, 0.15) is 33.6 Å². The van der Waals surface area contributed by atoms with Crippen LogP contribution in [0.4, 0.5) is 5.13 Å². The molecule has 2 aromatic carbocycles. The molecule has 0 saturated carbocycles. The number of carbonyl (C=O) groups excluding carboxylic acids is 1. The Balaban J connectivity index is 1.30. The number of hydrogen-bond donors (Lipinski definition) is 1. The van der Waals surface area contributed by atoms with E-state index in [-0.39, 0.29) is 5.91 Å². The maximum absolute atomic E-state index is 13.5. The van der Waals surface area contributed by atoms with E-state index in [9.17, 15) is 4.79 Å². The van der Waals surface area contributed by atoms with E-state index in [4.69, 9.17) is 21.3 Å². The van der Waals surface area contributed by atoms with Gasteiger partial charge in [-0.15, -0.1) is 0 Å². The zero-order valence-corrected chi connectivity index (χ0v) is 19.6. The molecule has 4 aromatic rings. The second-order valence-corrected chi connectivity index (χ2v) is 10.1. The van der Waals surface area contributed by atoms with Crippen molar-refractivity contribution in [1.29, 1.82) is 0 Å². The fraction of sp³-hybridized carbons (Fsp3) is 0.320. The van der Waals surface area contributed by atoms with Gasteiger partial charge in [0.2, 0.25) is 0 Å². The summed E-state index contributed by atoms with van der Waals surface area (Å²) < 4.78 is 6.52. The van der Waals surface area contributed by atoms with Crippen molar-refractivity contribution < 1.29 is 9.53 Å². The summed E-state index contributed by atoms with van der Waals surface area (Å²) in [5.74, 6) is -0.143. The Morgan fingerprint density at radius 2 is 1.94 bits per heavy atom. The normalized spacial score (nSPS) is 16.4. The zero-order valence-electron chi connectivity index (χ0n) is 18.1. The van der Waals surface area contributed by atoms with Gasteiger partial charge in [-0.1, -0.05) is 29.0 Å². The first-order valence-corrected chi connectivity index (χ1v) is 12.5. The van der Waals surface area contributed by atoms with E-state index in [1.54, 1.807) is 0 Å². The summed E-state index contributed by atoms with van der Waals surface area (Å²) in [5, 5.41) is 5.07. The summed E-state index contributed by atoms with van der Waals surface area (Å²) >= 11 is 7.77. The van der Waals surface area contributed by atoms with Crippen LogP contribution < -0.4 is 5.32 Å². The van der Waals surface area contributed by atoms with Crippen LogP contribution in [0.15, 0.2) is 36.4 Å². The molecule has 1 N–H and O–H groups in total. The fourth-order valence-electron chi connectivity index (χ4n) is 4.79. The minimum absolute atomic E-state index is 0.143. The summed E-state index contributed by atoms with van der Waals surface area (Å²) in [6, 6.07) is 11.9. The summed E-state index contributed by atoms with van der Waals surface area (Å²) in [7, 11) is 0. The molecular weight excluding hydrogens is 456 g/mol. The number of nitrogens with zero attached hydrogens (tertiary/aromatic N) is 3. The first-order valence-electron chi connectivity index (χ1n) is 11.3. The van der Waals surface area contributed by atoms with Gasteiger partial charge in [0.25, 0.3) is 5.91 Å². The number of ether oxygens (including phenoxy) is 1. The maximum atomic E-state index is 13.5. The minimum Gasteiger partial charge on any atom is -0.379 e. The predicted octanol–water partition coefficient (Wildman–Crippen LogP) is 5.07. The van der Waals surface area contributed by atoms with E-state index in [0.717, 1.165) is 84.5 Å². The number of anilines is 1. The van der Waals surface area contributed by atoms with Gasteiger partial charge in [0.1, 0.15) is 0 Å². The van der Waals surface area contributed by atoms with Crippen LogP contribution in [0.25, 0.3) is 21.1 Å². The van der Waals surface area contributed by atoms with Crippen molar-refractivity contribution in [2.24, 2.45) is 0 Å². The van der Waals surface area contributed by atoms with Gasteiger partial charge in [-0.05, 0) is 60.7 Å². The molecule has 0 radical (unpaired) electrons. The lowest BCUT2D eigenvalue weighted by molar-refractivity contribution is 0.0342. The Kier molecular flexibility index (Phi) is 5.50. The first kappa shape index (κ1) is 21.0.